The van der Waals surface area contributed by atoms with Crippen LogP contribution < -0.4 is 5.32 Å². The quantitative estimate of drug-likeness (QED) is 0.836. The number of rotatable bonds is 5. The van der Waals surface area contributed by atoms with Crippen LogP contribution in [0.5, 0.6) is 0 Å². The predicted molar refractivity (Wildman–Crippen MR) is 109 cm³/mol. The van der Waals surface area contributed by atoms with Gasteiger partial charge in [0.1, 0.15) is 0 Å². The molecule has 0 atom stereocenters. The van der Waals surface area contributed by atoms with Gasteiger partial charge in [0, 0.05) is 31.9 Å². The van der Waals surface area contributed by atoms with Crippen molar-refractivity contribution in [1.82, 2.24) is 9.21 Å². The molecule has 1 heterocycles. The van der Waals surface area contributed by atoms with Gasteiger partial charge in [-0.1, -0.05) is 24.3 Å². The van der Waals surface area contributed by atoms with Gasteiger partial charge in [-0.25, -0.2) is 8.42 Å². The topological polar surface area (TPSA) is 69.7 Å². The number of benzene rings is 2. The van der Waals surface area contributed by atoms with Gasteiger partial charge in [-0.05, 0) is 54.7 Å². The van der Waals surface area contributed by atoms with Gasteiger partial charge in [0.25, 0.3) is 0 Å². The number of aryl methyl sites for hydroxylation is 2. The predicted octanol–water partition coefficient (Wildman–Crippen LogP) is 2.12. The summed E-state index contributed by atoms with van der Waals surface area (Å²) in [6, 6.07) is 14.9. The zero-order valence-corrected chi connectivity index (χ0v) is 16.6. The summed E-state index contributed by atoms with van der Waals surface area (Å²) in [6.45, 7) is 2.16. The van der Waals surface area contributed by atoms with Gasteiger partial charge in [0.2, 0.25) is 15.9 Å². The Hall–Kier alpha value is -2.22. The number of hydrogen-bond acceptors (Lipinski definition) is 4. The first-order valence-corrected chi connectivity index (χ1v) is 11.2. The number of nitrogens with one attached hydrogen (secondary N) is 1. The van der Waals surface area contributed by atoms with Crippen LogP contribution in [0.1, 0.15) is 17.5 Å². The molecule has 2 aliphatic rings. The smallest absolute Gasteiger partial charge is 0.243 e. The Balaban J connectivity index is 1.34. The second-order valence-electron chi connectivity index (χ2n) is 7.38. The summed E-state index contributed by atoms with van der Waals surface area (Å²) >= 11 is 0. The lowest BCUT2D eigenvalue weighted by molar-refractivity contribution is -0.117. The zero-order chi connectivity index (χ0) is 19.6. The summed E-state index contributed by atoms with van der Waals surface area (Å²) in [5, 5.41) is 2.87. The number of fused-ring (bicyclic) bond motifs is 1. The van der Waals surface area contributed by atoms with E-state index in [4.69, 9.17) is 0 Å². The van der Waals surface area contributed by atoms with E-state index in [9.17, 15) is 13.2 Å². The molecule has 7 heteroatoms. The molecule has 1 amide bonds. The monoisotopic (exact) mass is 399 g/mol. The van der Waals surface area contributed by atoms with Crippen LogP contribution in [-0.4, -0.2) is 56.3 Å². The molecule has 4 rings (SSSR count). The van der Waals surface area contributed by atoms with Crippen LogP contribution in [0.25, 0.3) is 0 Å². The fourth-order valence-electron chi connectivity index (χ4n) is 3.91. The molecule has 0 aromatic heterocycles. The van der Waals surface area contributed by atoms with Gasteiger partial charge in [0.05, 0.1) is 11.4 Å². The summed E-state index contributed by atoms with van der Waals surface area (Å²) in [5.41, 5.74) is 3.20. The largest absolute Gasteiger partial charge is 0.325 e. The lowest BCUT2D eigenvalue weighted by Gasteiger charge is -2.33. The Labute approximate surface area is 166 Å². The van der Waals surface area contributed by atoms with Crippen molar-refractivity contribution in [3.63, 3.8) is 0 Å². The third-order valence-electron chi connectivity index (χ3n) is 5.46. The molecule has 1 fully saturated rings. The summed E-state index contributed by atoms with van der Waals surface area (Å²) in [5.74, 6) is -0.0823. The van der Waals surface area contributed by atoms with Gasteiger partial charge in [-0.3, -0.25) is 9.69 Å². The highest BCUT2D eigenvalue weighted by Crippen LogP contribution is 2.26. The van der Waals surface area contributed by atoms with E-state index < -0.39 is 10.0 Å². The van der Waals surface area contributed by atoms with Crippen molar-refractivity contribution >= 4 is 21.6 Å². The molecule has 0 spiro atoms. The fraction of sp³-hybridized carbons (Fsp3) is 0.381. The average Bonchev–Trinajstić information content (AvgIpc) is 3.17. The standard InChI is InChI=1S/C21H25N3O3S/c25-21(22-19-7-2-1-3-8-19)16-23-11-13-24(14-12-23)28(26,27)20-10-9-17-5-4-6-18(17)15-20/h1-3,7-10,15H,4-6,11-14,16H2,(H,22,25). The van der Waals surface area contributed by atoms with E-state index in [1.807, 2.05) is 47.4 Å². The maximum absolute atomic E-state index is 13.0. The van der Waals surface area contributed by atoms with Crippen molar-refractivity contribution in [3.8, 4) is 0 Å². The van der Waals surface area contributed by atoms with Crippen molar-refractivity contribution in [1.29, 1.82) is 0 Å². The van der Waals surface area contributed by atoms with Gasteiger partial charge in [0.15, 0.2) is 0 Å². The average molecular weight is 400 g/mol. The summed E-state index contributed by atoms with van der Waals surface area (Å²) in [6.07, 6.45) is 3.10. The van der Waals surface area contributed by atoms with E-state index in [1.54, 1.807) is 6.07 Å². The van der Waals surface area contributed by atoms with E-state index in [0.717, 1.165) is 30.5 Å². The molecule has 0 bridgehead atoms. The molecule has 0 saturated carbocycles. The molecular formula is C21H25N3O3S. The molecule has 1 saturated heterocycles. The first-order valence-electron chi connectivity index (χ1n) is 9.71. The van der Waals surface area contributed by atoms with Crippen LogP contribution in [0.2, 0.25) is 0 Å². The number of carbonyl (C=O) groups excluding carboxylic acids is 1. The molecule has 2 aromatic rings. The third kappa shape index (κ3) is 4.11. The Kier molecular flexibility index (Phi) is 5.48. The van der Waals surface area contributed by atoms with Crippen LogP contribution in [0.4, 0.5) is 5.69 Å². The van der Waals surface area contributed by atoms with Crippen LogP contribution in [-0.2, 0) is 27.7 Å². The lowest BCUT2D eigenvalue weighted by atomic mass is 10.1. The minimum Gasteiger partial charge on any atom is -0.325 e. The Morgan fingerprint density at radius 3 is 2.39 bits per heavy atom. The number of piperazine rings is 1. The summed E-state index contributed by atoms with van der Waals surface area (Å²) < 4.78 is 27.5. The Bertz CT molecular complexity index is 952. The molecular weight excluding hydrogens is 374 g/mol. The fourth-order valence-corrected chi connectivity index (χ4v) is 5.38. The van der Waals surface area contributed by atoms with Gasteiger partial charge in [-0.15, -0.1) is 0 Å². The molecule has 6 nitrogen and oxygen atoms in total. The number of para-hydroxylation sites is 1. The molecule has 2 aromatic carbocycles. The Morgan fingerprint density at radius 2 is 1.64 bits per heavy atom. The second kappa shape index (κ2) is 8.03. The number of nitrogens with zero attached hydrogens (tertiary/aromatic N) is 2. The molecule has 1 aliphatic heterocycles. The van der Waals surface area contributed by atoms with E-state index in [0.29, 0.717) is 31.1 Å². The first-order chi connectivity index (χ1) is 13.5. The molecule has 0 radical (unpaired) electrons. The van der Waals surface area contributed by atoms with Crippen LogP contribution in [0, 0.1) is 0 Å². The van der Waals surface area contributed by atoms with Crippen molar-refractivity contribution in [2.45, 2.75) is 24.2 Å². The molecule has 1 N–H and O–H groups in total. The normalized spacial score (nSPS) is 18.0. The van der Waals surface area contributed by atoms with Crippen LogP contribution >= 0.6 is 0 Å². The van der Waals surface area contributed by atoms with E-state index in [1.165, 1.54) is 9.87 Å². The second-order valence-corrected chi connectivity index (χ2v) is 9.32. The third-order valence-corrected chi connectivity index (χ3v) is 7.36. The summed E-state index contributed by atoms with van der Waals surface area (Å²) in [4.78, 5) is 14.6. The van der Waals surface area contributed by atoms with E-state index >= 15 is 0 Å². The number of amides is 1. The van der Waals surface area contributed by atoms with Gasteiger partial charge in [-0.2, -0.15) is 4.31 Å². The summed E-state index contributed by atoms with van der Waals surface area (Å²) in [7, 11) is -3.48. The molecule has 0 unspecified atom stereocenters. The van der Waals surface area contributed by atoms with Gasteiger partial charge < -0.3 is 5.32 Å². The number of anilines is 1. The van der Waals surface area contributed by atoms with Crippen molar-refractivity contribution < 1.29 is 13.2 Å². The van der Waals surface area contributed by atoms with E-state index in [2.05, 4.69) is 5.32 Å². The SMILES string of the molecule is O=C(CN1CCN(S(=O)(=O)c2ccc3c(c2)CCC3)CC1)Nc1ccccc1. The highest BCUT2D eigenvalue weighted by molar-refractivity contribution is 7.89. The number of carbonyl (C=O) groups is 1. The van der Waals surface area contributed by atoms with Crippen molar-refractivity contribution in [2.75, 3.05) is 38.0 Å². The highest BCUT2D eigenvalue weighted by Gasteiger charge is 2.29. The maximum Gasteiger partial charge on any atom is 0.243 e. The molecule has 148 valence electrons. The van der Waals surface area contributed by atoms with Crippen molar-refractivity contribution in [3.05, 3.63) is 59.7 Å². The maximum atomic E-state index is 13.0. The first kappa shape index (κ1) is 19.1. The number of sulfonamides is 1. The lowest BCUT2D eigenvalue weighted by Crippen LogP contribution is -2.50. The minimum atomic E-state index is -3.48. The van der Waals surface area contributed by atoms with Crippen LogP contribution in [0.15, 0.2) is 53.4 Å². The molecule has 28 heavy (non-hydrogen) atoms. The highest BCUT2D eigenvalue weighted by atomic mass is 32.2. The Morgan fingerprint density at radius 1 is 0.929 bits per heavy atom. The van der Waals surface area contributed by atoms with Crippen molar-refractivity contribution in [2.24, 2.45) is 0 Å². The number of hydrogen-bond donors (Lipinski definition) is 1. The van der Waals surface area contributed by atoms with Crippen LogP contribution in [0.3, 0.4) is 0 Å². The zero-order valence-electron chi connectivity index (χ0n) is 15.8. The minimum absolute atomic E-state index is 0.0823. The van der Waals surface area contributed by atoms with E-state index in [-0.39, 0.29) is 12.5 Å². The van der Waals surface area contributed by atoms with Gasteiger partial charge >= 0.3 is 0 Å². The molecule has 1 aliphatic carbocycles.